The van der Waals surface area contributed by atoms with Gasteiger partial charge in [-0.3, -0.25) is 9.59 Å². The molecular formula is C23H16Br2Cl2N2O3. The van der Waals surface area contributed by atoms with Crippen LogP contribution in [0.5, 0.6) is 5.75 Å². The predicted octanol–water partition coefficient (Wildman–Crippen LogP) is 6.24. The third-order valence-corrected chi connectivity index (χ3v) is 7.94. The lowest BCUT2D eigenvalue weighted by Gasteiger charge is -2.13. The summed E-state index contributed by atoms with van der Waals surface area (Å²) in [6.07, 6.45) is 6.54. The van der Waals surface area contributed by atoms with Crippen molar-refractivity contribution in [1.29, 1.82) is 0 Å². The number of hydrogen-bond donors (Lipinski definition) is 0. The molecule has 1 heterocycles. The fourth-order valence-corrected chi connectivity index (χ4v) is 6.62. The standard InChI is InChI=1S/C23H16Br2Cl2N2O3/c24-16-5-11(6-17(25)21(16)32-10-14-3-4-15(26)8-18(14)27)9-28-29-22(30)19-12-1-2-13(7-12)20(19)23(29)31/h1-6,8-9,12-13,19-20H,7,10H2/b28-9-/t12-,13-,19-,20-/m0/s1. The fraction of sp³-hybridized carbons (Fsp3) is 0.261. The van der Waals surface area contributed by atoms with Gasteiger partial charge in [0.1, 0.15) is 12.4 Å². The summed E-state index contributed by atoms with van der Waals surface area (Å²) in [5.41, 5.74) is 1.51. The lowest BCUT2D eigenvalue weighted by Crippen LogP contribution is -2.28. The summed E-state index contributed by atoms with van der Waals surface area (Å²) in [6.45, 7) is 0.260. The van der Waals surface area contributed by atoms with Gasteiger partial charge < -0.3 is 4.74 Å². The monoisotopic (exact) mass is 596 g/mol. The van der Waals surface area contributed by atoms with Crippen LogP contribution in [0, 0.1) is 23.7 Å². The molecule has 2 aromatic rings. The second kappa shape index (κ2) is 8.60. The molecule has 0 aromatic heterocycles. The molecule has 1 saturated carbocycles. The first-order valence-corrected chi connectivity index (χ1v) is 12.3. The average Bonchev–Trinajstić information content (AvgIpc) is 3.42. The topological polar surface area (TPSA) is 59.0 Å². The number of hydrazone groups is 1. The maximum Gasteiger partial charge on any atom is 0.254 e. The van der Waals surface area contributed by atoms with Crippen molar-refractivity contribution >= 4 is 73.1 Å². The van der Waals surface area contributed by atoms with Crippen molar-refractivity contribution in [3.8, 4) is 5.75 Å². The van der Waals surface area contributed by atoms with Crippen molar-refractivity contribution < 1.29 is 14.3 Å². The normalized spacial score (nSPS) is 25.9. The Morgan fingerprint density at radius 3 is 2.25 bits per heavy atom. The van der Waals surface area contributed by atoms with Gasteiger partial charge in [-0.2, -0.15) is 10.1 Å². The van der Waals surface area contributed by atoms with E-state index in [1.54, 1.807) is 12.1 Å². The number of halogens is 4. The molecule has 2 aromatic carbocycles. The molecule has 2 amide bonds. The van der Waals surface area contributed by atoms with Crippen LogP contribution in [0.2, 0.25) is 10.0 Å². The second-order valence-electron chi connectivity index (χ2n) is 8.07. The molecule has 32 heavy (non-hydrogen) atoms. The van der Waals surface area contributed by atoms with Gasteiger partial charge in [0.15, 0.2) is 0 Å². The summed E-state index contributed by atoms with van der Waals surface area (Å²) in [7, 11) is 0. The molecule has 2 bridgehead atoms. The first kappa shape index (κ1) is 22.1. The third kappa shape index (κ3) is 3.83. The molecule has 0 N–H and O–H groups in total. The van der Waals surface area contributed by atoms with Crippen LogP contribution in [0.1, 0.15) is 17.5 Å². The van der Waals surface area contributed by atoms with E-state index in [-0.39, 0.29) is 42.1 Å². The number of carbonyl (C=O) groups is 2. The van der Waals surface area contributed by atoms with E-state index >= 15 is 0 Å². The zero-order valence-corrected chi connectivity index (χ0v) is 21.2. The van der Waals surface area contributed by atoms with E-state index in [1.807, 2.05) is 18.2 Å². The van der Waals surface area contributed by atoms with Crippen LogP contribution in [-0.2, 0) is 16.2 Å². The van der Waals surface area contributed by atoms with Crippen molar-refractivity contribution in [2.45, 2.75) is 13.0 Å². The van der Waals surface area contributed by atoms with E-state index in [0.717, 1.165) is 17.0 Å². The van der Waals surface area contributed by atoms with Gasteiger partial charge in [0, 0.05) is 15.6 Å². The molecule has 2 fully saturated rings. The van der Waals surface area contributed by atoms with E-state index in [0.29, 0.717) is 30.3 Å². The van der Waals surface area contributed by atoms with E-state index in [9.17, 15) is 9.59 Å². The Kier molecular flexibility index (Phi) is 5.95. The number of hydrogen-bond acceptors (Lipinski definition) is 4. The highest BCUT2D eigenvalue weighted by molar-refractivity contribution is 9.11. The zero-order chi connectivity index (χ0) is 22.6. The van der Waals surface area contributed by atoms with E-state index < -0.39 is 0 Å². The molecule has 1 aliphatic heterocycles. The highest BCUT2D eigenvalue weighted by Crippen LogP contribution is 2.52. The number of amides is 2. The number of carbonyl (C=O) groups excluding carboxylic acids is 2. The van der Waals surface area contributed by atoms with Crippen LogP contribution in [-0.4, -0.2) is 23.0 Å². The van der Waals surface area contributed by atoms with Crippen LogP contribution < -0.4 is 4.74 Å². The maximum absolute atomic E-state index is 12.8. The second-order valence-corrected chi connectivity index (χ2v) is 10.6. The SMILES string of the molecule is O=C1[C@@H]2[C@@H](C(=O)N1/N=C\c1cc(Br)c(OCc3ccc(Cl)cc3Cl)c(Br)c1)[C@H]1C=C[C@H]2C1. The Hall–Kier alpha value is -1.67. The molecule has 4 atom stereocenters. The van der Waals surface area contributed by atoms with Gasteiger partial charge in [0.05, 0.1) is 27.0 Å². The molecule has 0 radical (unpaired) electrons. The lowest BCUT2D eigenvalue weighted by molar-refractivity contribution is -0.140. The predicted molar refractivity (Wildman–Crippen MR) is 130 cm³/mol. The van der Waals surface area contributed by atoms with Crippen molar-refractivity contribution in [2.24, 2.45) is 28.8 Å². The Morgan fingerprint density at radius 1 is 1.03 bits per heavy atom. The molecule has 2 aliphatic carbocycles. The summed E-state index contributed by atoms with van der Waals surface area (Å²) in [5.74, 6) is -0.00561. The minimum atomic E-state index is -0.261. The summed E-state index contributed by atoms with van der Waals surface area (Å²) in [4.78, 5) is 25.5. The molecule has 3 aliphatic rings. The quantitative estimate of drug-likeness (QED) is 0.233. The summed E-state index contributed by atoms with van der Waals surface area (Å²) in [5, 5.41) is 6.36. The van der Waals surface area contributed by atoms with Crippen LogP contribution in [0.15, 0.2) is 56.5 Å². The minimum Gasteiger partial charge on any atom is -0.486 e. The van der Waals surface area contributed by atoms with Gasteiger partial charge in [-0.25, -0.2) is 0 Å². The Bertz CT molecular complexity index is 1150. The highest BCUT2D eigenvalue weighted by Gasteiger charge is 2.59. The van der Waals surface area contributed by atoms with Gasteiger partial charge in [-0.1, -0.05) is 41.4 Å². The van der Waals surface area contributed by atoms with Crippen molar-refractivity contribution in [1.82, 2.24) is 5.01 Å². The molecule has 0 unspecified atom stereocenters. The minimum absolute atomic E-state index is 0.163. The summed E-state index contributed by atoms with van der Waals surface area (Å²) < 4.78 is 7.31. The molecule has 5 rings (SSSR count). The van der Waals surface area contributed by atoms with Crippen molar-refractivity contribution in [2.75, 3.05) is 0 Å². The van der Waals surface area contributed by atoms with Gasteiger partial charge in [0.25, 0.3) is 11.8 Å². The van der Waals surface area contributed by atoms with Gasteiger partial charge in [0.2, 0.25) is 0 Å². The number of allylic oxidation sites excluding steroid dienone is 2. The molecule has 1 saturated heterocycles. The van der Waals surface area contributed by atoms with E-state index in [2.05, 4.69) is 49.1 Å². The van der Waals surface area contributed by atoms with Crippen LogP contribution in [0.25, 0.3) is 0 Å². The van der Waals surface area contributed by atoms with Crippen LogP contribution in [0.3, 0.4) is 0 Å². The number of nitrogens with zero attached hydrogens (tertiary/aromatic N) is 2. The third-order valence-electron chi connectivity index (χ3n) is 6.18. The molecular weight excluding hydrogens is 583 g/mol. The smallest absolute Gasteiger partial charge is 0.254 e. The number of rotatable bonds is 5. The van der Waals surface area contributed by atoms with E-state index in [4.69, 9.17) is 27.9 Å². The Balaban J connectivity index is 1.31. The largest absolute Gasteiger partial charge is 0.486 e. The van der Waals surface area contributed by atoms with Gasteiger partial charge >= 0.3 is 0 Å². The molecule has 164 valence electrons. The number of fused-ring (bicyclic) bond motifs is 5. The Labute approximate surface area is 211 Å². The first-order chi connectivity index (χ1) is 15.3. The molecule has 9 heteroatoms. The highest BCUT2D eigenvalue weighted by atomic mass is 79.9. The number of imide groups is 1. The average molecular weight is 599 g/mol. The zero-order valence-electron chi connectivity index (χ0n) is 16.5. The number of benzene rings is 2. The van der Waals surface area contributed by atoms with Crippen molar-refractivity contribution in [3.05, 3.63) is 72.6 Å². The van der Waals surface area contributed by atoms with Crippen LogP contribution >= 0.6 is 55.1 Å². The lowest BCUT2D eigenvalue weighted by atomic mass is 9.85. The number of ether oxygens (including phenoxy) is 1. The van der Waals surface area contributed by atoms with Gasteiger partial charge in [-0.15, -0.1) is 0 Å². The van der Waals surface area contributed by atoms with Gasteiger partial charge in [-0.05, 0) is 79.9 Å². The Morgan fingerprint density at radius 2 is 1.66 bits per heavy atom. The van der Waals surface area contributed by atoms with E-state index in [1.165, 1.54) is 6.21 Å². The maximum atomic E-state index is 12.8. The molecule has 0 spiro atoms. The molecule has 5 nitrogen and oxygen atoms in total. The fourth-order valence-electron chi connectivity index (χ4n) is 4.71. The summed E-state index contributed by atoms with van der Waals surface area (Å²) >= 11 is 19.2. The van der Waals surface area contributed by atoms with Crippen molar-refractivity contribution in [3.63, 3.8) is 0 Å². The first-order valence-electron chi connectivity index (χ1n) is 9.99. The van der Waals surface area contributed by atoms with Crippen LogP contribution in [0.4, 0.5) is 0 Å². The summed E-state index contributed by atoms with van der Waals surface area (Å²) in [6, 6.07) is 8.86.